The number of rotatable bonds is 4. The van der Waals surface area contributed by atoms with Crippen LogP contribution >= 0.6 is 15.9 Å². The Kier molecular flexibility index (Phi) is 4.90. The Morgan fingerprint density at radius 2 is 1.85 bits per heavy atom. The molecule has 0 saturated carbocycles. The fraction of sp³-hybridized carbons (Fsp3) is 0.188. The molecule has 2 rings (SSSR count). The van der Waals surface area contributed by atoms with Crippen molar-refractivity contribution in [2.45, 2.75) is 6.42 Å². The number of halogens is 2. The molecule has 0 bridgehead atoms. The van der Waals surface area contributed by atoms with E-state index in [0.29, 0.717) is 11.0 Å². The lowest BCUT2D eigenvalue weighted by molar-refractivity contribution is 0.0791. The predicted molar refractivity (Wildman–Crippen MR) is 81.2 cm³/mol. The first-order chi connectivity index (χ1) is 9.59. The monoisotopic (exact) mass is 335 g/mol. The summed E-state index contributed by atoms with van der Waals surface area (Å²) in [6, 6.07) is 14.4. The maximum absolute atomic E-state index is 13.7. The third-order valence-electron chi connectivity index (χ3n) is 3.10. The predicted octanol–water partition coefficient (Wildman–Crippen LogP) is 3.90. The number of benzene rings is 2. The molecule has 0 fully saturated rings. The zero-order chi connectivity index (χ0) is 14.5. The molecule has 104 valence electrons. The van der Waals surface area contributed by atoms with Gasteiger partial charge in [-0.05, 0) is 40.0 Å². The Balaban J connectivity index is 2.06. The SMILES string of the molecule is CN(CCc1ccccc1)C(=O)c1c(F)cccc1Br. The summed E-state index contributed by atoms with van der Waals surface area (Å²) in [4.78, 5) is 13.8. The second-order valence-electron chi connectivity index (χ2n) is 4.56. The molecule has 0 radical (unpaired) electrons. The Morgan fingerprint density at radius 1 is 1.15 bits per heavy atom. The van der Waals surface area contributed by atoms with E-state index < -0.39 is 5.82 Å². The van der Waals surface area contributed by atoms with E-state index in [1.807, 2.05) is 30.3 Å². The first-order valence-electron chi connectivity index (χ1n) is 6.33. The molecule has 0 N–H and O–H groups in total. The fourth-order valence-corrected chi connectivity index (χ4v) is 2.45. The first-order valence-corrected chi connectivity index (χ1v) is 7.12. The van der Waals surface area contributed by atoms with E-state index in [1.165, 1.54) is 11.0 Å². The number of likely N-dealkylation sites (N-methyl/N-ethyl adjacent to an activating group) is 1. The second kappa shape index (κ2) is 6.66. The maximum Gasteiger partial charge on any atom is 0.257 e. The van der Waals surface area contributed by atoms with E-state index in [0.717, 1.165) is 12.0 Å². The molecule has 0 aromatic heterocycles. The molecular weight excluding hydrogens is 321 g/mol. The van der Waals surface area contributed by atoms with Gasteiger partial charge >= 0.3 is 0 Å². The molecule has 1 amide bonds. The quantitative estimate of drug-likeness (QED) is 0.829. The largest absolute Gasteiger partial charge is 0.341 e. The van der Waals surface area contributed by atoms with Gasteiger partial charge in [-0.2, -0.15) is 0 Å². The highest BCUT2D eigenvalue weighted by molar-refractivity contribution is 9.10. The van der Waals surface area contributed by atoms with Crippen LogP contribution in [0.3, 0.4) is 0 Å². The minimum Gasteiger partial charge on any atom is -0.341 e. The van der Waals surface area contributed by atoms with E-state index >= 15 is 0 Å². The van der Waals surface area contributed by atoms with Crippen LogP contribution in [0.25, 0.3) is 0 Å². The van der Waals surface area contributed by atoms with Crippen molar-refractivity contribution >= 4 is 21.8 Å². The highest BCUT2D eigenvalue weighted by Crippen LogP contribution is 2.21. The highest BCUT2D eigenvalue weighted by atomic mass is 79.9. The van der Waals surface area contributed by atoms with Gasteiger partial charge < -0.3 is 4.90 Å². The van der Waals surface area contributed by atoms with Crippen LogP contribution in [0.2, 0.25) is 0 Å². The Hall–Kier alpha value is -1.68. The lowest BCUT2D eigenvalue weighted by atomic mass is 10.1. The highest BCUT2D eigenvalue weighted by Gasteiger charge is 2.18. The summed E-state index contributed by atoms with van der Waals surface area (Å²) in [6.07, 6.45) is 0.745. The molecule has 2 aromatic rings. The van der Waals surface area contributed by atoms with Gasteiger partial charge in [-0.15, -0.1) is 0 Å². The Bertz CT molecular complexity index is 580. The molecule has 0 unspecified atom stereocenters. The molecule has 2 aromatic carbocycles. The average Bonchev–Trinajstić information content (AvgIpc) is 2.45. The standard InChI is InChI=1S/C16H15BrFNO/c1-19(11-10-12-6-3-2-4-7-12)16(20)15-13(17)8-5-9-14(15)18/h2-9H,10-11H2,1H3. The van der Waals surface area contributed by atoms with Crippen molar-refractivity contribution in [3.63, 3.8) is 0 Å². The number of carbonyl (C=O) groups is 1. The summed E-state index contributed by atoms with van der Waals surface area (Å²) in [7, 11) is 1.68. The molecule has 0 atom stereocenters. The van der Waals surface area contributed by atoms with Crippen molar-refractivity contribution < 1.29 is 9.18 Å². The minimum atomic E-state index is -0.504. The number of nitrogens with zero attached hydrogens (tertiary/aromatic N) is 1. The van der Waals surface area contributed by atoms with Gasteiger partial charge in [-0.1, -0.05) is 36.4 Å². The van der Waals surface area contributed by atoms with Gasteiger partial charge in [0.05, 0.1) is 5.56 Å². The Morgan fingerprint density at radius 3 is 2.50 bits per heavy atom. The maximum atomic E-state index is 13.7. The topological polar surface area (TPSA) is 20.3 Å². The summed E-state index contributed by atoms with van der Waals surface area (Å²) >= 11 is 3.22. The molecule has 0 aliphatic carbocycles. The smallest absolute Gasteiger partial charge is 0.257 e. The summed E-state index contributed by atoms with van der Waals surface area (Å²) < 4.78 is 14.2. The van der Waals surface area contributed by atoms with Crippen molar-refractivity contribution in [2.24, 2.45) is 0 Å². The van der Waals surface area contributed by atoms with Crippen molar-refractivity contribution in [1.29, 1.82) is 0 Å². The van der Waals surface area contributed by atoms with Gasteiger partial charge in [-0.3, -0.25) is 4.79 Å². The summed E-state index contributed by atoms with van der Waals surface area (Å²) in [5.41, 5.74) is 1.24. The van der Waals surface area contributed by atoms with Gasteiger partial charge in [0.2, 0.25) is 0 Å². The van der Waals surface area contributed by atoms with Crippen LogP contribution in [0.15, 0.2) is 53.0 Å². The van der Waals surface area contributed by atoms with Crippen LogP contribution in [0.4, 0.5) is 4.39 Å². The molecule has 0 spiro atoms. The van der Waals surface area contributed by atoms with Crippen molar-refractivity contribution in [1.82, 2.24) is 4.90 Å². The lowest BCUT2D eigenvalue weighted by Gasteiger charge is -2.18. The first kappa shape index (κ1) is 14.7. The van der Waals surface area contributed by atoms with Gasteiger partial charge in [0.15, 0.2) is 0 Å². The fourth-order valence-electron chi connectivity index (χ4n) is 1.94. The second-order valence-corrected chi connectivity index (χ2v) is 5.41. The van der Waals surface area contributed by atoms with Crippen LogP contribution in [0.5, 0.6) is 0 Å². The lowest BCUT2D eigenvalue weighted by Crippen LogP contribution is -2.29. The normalized spacial score (nSPS) is 10.3. The van der Waals surface area contributed by atoms with Crippen LogP contribution in [-0.4, -0.2) is 24.4 Å². The molecular formula is C16H15BrFNO. The number of hydrogen-bond donors (Lipinski definition) is 0. The van der Waals surface area contributed by atoms with Crippen LogP contribution in [0, 0.1) is 5.82 Å². The van der Waals surface area contributed by atoms with Crippen molar-refractivity contribution in [3.05, 3.63) is 69.9 Å². The summed E-state index contributed by atoms with van der Waals surface area (Å²) in [5.74, 6) is -0.818. The average molecular weight is 336 g/mol. The van der Waals surface area contributed by atoms with E-state index in [1.54, 1.807) is 19.2 Å². The zero-order valence-corrected chi connectivity index (χ0v) is 12.7. The molecule has 2 nitrogen and oxygen atoms in total. The third-order valence-corrected chi connectivity index (χ3v) is 3.76. The molecule has 0 aliphatic heterocycles. The summed E-state index contributed by atoms with van der Waals surface area (Å²) in [6.45, 7) is 0.545. The number of amides is 1. The molecule has 0 aliphatic rings. The molecule has 20 heavy (non-hydrogen) atoms. The third kappa shape index (κ3) is 3.45. The van der Waals surface area contributed by atoms with Crippen LogP contribution in [0.1, 0.15) is 15.9 Å². The Labute approximate surface area is 126 Å². The zero-order valence-electron chi connectivity index (χ0n) is 11.1. The van der Waals surface area contributed by atoms with E-state index in [2.05, 4.69) is 15.9 Å². The minimum absolute atomic E-state index is 0.0862. The van der Waals surface area contributed by atoms with Crippen LogP contribution in [-0.2, 0) is 6.42 Å². The molecule has 4 heteroatoms. The van der Waals surface area contributed by atoms with E-state index in [-0.39, 0.29) is 11.5 Å². The molecule has 0 saturated heterocycles. The van der Waals surface area contributed by atoms with Gasteiger partial charge in [0, 0.05) is 18.1 Å². The summed E-state index contributed by atoms with van der Waals surface area (Å²) in [5, 5.41) is 0. The van der Waals surface area contributed by atoms with Crippen molar-refractivity contribution in [3.8, 4) is 0 Å². The van der Waals surface area contributed by atoms with E-state index in [9.17, 15) is 9.18 Å². The van der Waals surface area contributed by atoms with Gasteiger partial charge in [0.25, 0.3) is 5.91 Å². The van der Waals surface area contributed by atoms with Crippen LogP contribution < -0.4 is 0 Å². The molecule has 0 heterocycles. The van der Waals surface area contributed by atoms with E-state index in [4.69, 9.17) is 0 Å². The van der Waals surface area contributed by atoms with Gasteiger partial charge in [0.1, 0.15) is 5.82 Å². The van der Waals surface area contributed by atoms with Crippen molar-refractivity contribution in [2.75, 3.05) is 13.6 Å². The number of carbonyl (C=O) groups excluding carboxylic acids is 1. The van der Waals surface area contributed by atoms with Gasteiger partial charge in [-0.25, -0.2) is 4.39 Å². The number of hydrogen-bond acceptors (Lipinski definition) is 1.